The molecular weight excluding hydrogens is 232 g/mol. The summed E-state index contributed by atoms with van der Waals surface area (Å²) in [4.78, 5) is 8.31. The van der Waals surface area contributed by atoms with Gasteiger partial charge in [0.15, 0.2) is 0 Å². The highest BCUT2D eigenvalue weighted by molar-refractivity contribution is 5.20. The number of methoxy groups -OCH3 is 1. The van der Waals surface area contributed by atoms with E-state index in [0.717, 1.165) is 12.1 Å². The molecule has 3 atom stereocenters. The molecule has 3 unspecified atom stereocenters. The molecule has 104 valence electrons. The standard InChI is InChI=1S/C9H14N2O.C4H10O2/c1-4-7(2)8-9(12-3)11-6-5-10-8;1-3(5)4(2)6/h5-7H,4H2,1-3H3;3-6H,1-2H3. The maximum absolute atomic E-state index is 8.38. The van der Waals surface area contributed by atoms with Crippen molar-refractivity contribution in [2.24, 2.45) is 0 Å². The van der Waals surface area contributed by atoms with Crippen molar-refractivity contribution in [1.82, 2.24) is 9.97 Å². The lowest BCUT2D eigenvalue weighted by Gasteiger charge is -2.10. The zero-order chi connectivity index (χ0) is 14.1. The summed E-state index contributed by atoms with van der Waals surface area (Å²) in [6.07, 6.45) is 3.21. The van der Waals surface area contributed by atoms with E-state index in [9.17, 15) is 0 Å². The van der Waals surface area contributed by atoms with E-state index in [1.54, 1.807) is 33.4 Å². The molecule has 1 aromatic rings. The van der Waals surface area contributed by atoms with Crippen molar-refractivity contribution in [2.45, 2.75) is 52.2 Å². The fourth-order valence-corrected chi connectivity index (χ4v) is 1.02. The number of hydrogen-bond donors (Lipinski definition) is 2. The van der Waals surface area contributed by atoms with Crippen molar-refractivity contribution < 1.29 is 14.9 Å². The first-order valence-electron chi connectivity index (χ1n) is 6.15. The summed E-state index contributed by atoms with van der Waals surface area (Å²) in [5, 5.41) is 16.8. The fraction of sp³-hybridized carbons (Fsp3) is 0.692. The molecular formula is C13H24N2O3. The Balaban J connectivity index is 0.000000411. The van der Waals surface area contributed by atoms with Crippen molar-refractivity contribution in [3.63, 3.8) is 0 Å². The molecule has 0 aromatic carbocycles. The zero-order valence-electron chi connectivity index (χ0n) is 11.8. The second kappa shape index (κ2) is 8.83. The van der Waals surface area contributed by atoms with Gasteiger partial charge in [0.2, 0.25) is 5.88 Å². The van der Waals surface area contributed by atoms with Crippen LogP contribution >= 0.6 is 0 Å². The molecule has 5 heteroatoms. The van der Waals surface area contributed by atoms with E-state index in [1.165, 1.54) is 0 Å². The van der Waals surface area contributed by atoms with E-state index in [-0.39, 0.29) is 0 Å². The highest BCUT2D eigenvalue weighted by atomic mass is 16.5. The second-order valence-corrected chi connectivity index (χ2v) is 4.24. The molecule has 18 heavy (non-hydrogen) atoms. The number of aromatic nitrogens is 2. The molecule has 1 rings (SSSR count). The predicted octanol–water partition coefficient (Wildman–Crippen LogP) is 1.75. The molecule has 5 nitrogen and oxygen atoms in total. The van der Waals surface area contributed by atoms with Gasteiger partial charge in [-0.25, -0.2) is 4.98 Å². The molecule has 0 saturated carbocycles. The summed E-state index contributed by atoms with van der Waals surface area (Å²) in [6.45, 7) is 7.33. The first-order chi connectivity index (χ1) is 8.43. The van der Waals surface area contributed by atoms with E-state index in [4.69, 9.17) is 14.9 Å². The van der Waals surface area contributed by atoms with Gasteiger partial charge in [0.1, 0.15) is 5.69 Å². The van der Waals surface area contributed by atoms with Crippen LogP contribution in [0.3, 0.4) is 0 Å². The fourth-order valence-electron chi connectivity index (χ4n) is 1.02. The van der Waals surface area contributed by atoms with Gasteiger partial charge >= 0.3 is 0 Å². The van der Waals surface area contributed by atoms with Crippen LogP contribution in [0.25, 0.3) is 0 Å². The molecule has 0 amide bonds. The third-order valence-electron chi connectivity index (χ3n) is 2.66. The molecule has 2 N–H and O–H groups in total. The Labute approximate surface area is 109 Å². The molecule has 0 bridgehead atoms. The Hall–Kier alpha value is -1.20. The average molecular weight is 256 g/mol. The Bertz CT molecular complexity index is 324. The number of hydrogen-bond acceptors (Lipinski definition) is 5. The highest BCUT2D eigenvalue weighted by Crippen LogP contribution is 2.23. The lowest BCUT2D eigenvalue weighted by Crippen LogP contribution is -2.17. The van der Waals surface area contributed by atoms with E-state index < -0.39 is 12.2 Å². The van der Waals surface area contributed by atoms with Crippen LogP contribution in [0, 0.1) is 0 Å². The zero-order valence-corrected chi connectivity index (χ0v) is 11.8. The van der Waals surface area contributed by atoms with E-state index >= 15 is 0 Å². The van der Waals surface area contributed by atoms with Crippen LogP contribution in [-0.2, 0) is 0 Å². The van der Waals surface area contributed by atoms with Crippen LogP contribution in [0.2, 0.25) is 0 Å². The van der Waals surface area contributed by atoms with Crippen molar-refractivity contribution in [1.29, 1.82) is 0 Å². The minimum absolute atomic E-state index is 0.411. The van der Waals surface area contributed by atoms with Crippen LogP contribution < -0.4 is 4.74 Å². The van der Waals surface area contributed by atoms with Gasteiger partial charge in [-0.3, -0.25) is 4.98 Å². The van der Waals surface area contributed by atoms with Gasteiger partial charge in [-0.05, 0) is 20.3 Å². The van der Waals surface area contributed by atoms with Crippen molar-refractivity contribution >= 4 is 0 Å². The third kappa shape index (κ3) is 5.93. The van der Waals surface area contributed by atoms with Gasteiger partial charge in [0.05, 0.1) is 19.3 Å². The van der Waals surface area contributed by atoms with Crippen molar-refractivity contribution in [3.05, 3.63) is 18.1 Å². The summed E-state index contributed by atoms with van der Waals surface area (Å²) in [5.41, 5.74) is 0.947. The van der Waals surface area contributed by atoms with E-state index in [1.807, 2.05) is 0 Å². The summed E-state index contributed by atoms with van der Waals surface area (Å²) in [7, 11) is 1.62. The maximum Gasteiger partial charge on any atom is 0.235 e. The molecule has 1 aromatic heterocycles. The van der Waals surface area contributed by atoms with Crippen molar-refractivity contribution in [3.8, 4) is 5.88 Å². The molecule has 0 saturated heterocycles. The number of aliphatic hydroxyl groups is 2. The smallest absolute Gasteiger partial charge is 0.235 e. The first kappa shape index (κ1) is 16.8. The summed E-state index contributed by atoms with van der Waals surface area (Å²) in [5.74, 6) is 1.06. The van der Waals surface area contributed by atoms with Crippen LogP contribution in [-0.4, -0.2) is 39.5 Å². The lowest BCUT2D eigenvalue weighted by atomic mass is 10.1. The lowest BCUT2D eigenvalue weighted by molar-refractivity contribution is 0.0438. The molecule has 0 fully saturated rings. The van der Waals surface area contributed by atoms with Crippen LogP contribution in [0.1, 0.15) is 45.7 Å². The largest absolute Gasteiger partial charge is 0.480 e. The van der Waals surface area contributed by atoms with Gasteiger partial charge in [-0.15, -0.1) is 0 Å². The van der Waals surface area contributed by atoms with Gasteiger partial charge in [-0.2, -0.15) is 0 Å². The number of aliphatic hydroxyl groups excluding tert-OH is 2. The summed E-state index contributed by atoms with van der Waals surface area (Å²) in [6, 6.07) is 0. The number of rotatable bonds is 4. The minimum Gasteiger partial charge on any atom is -0.480 e. The summed E-state index contributed by atoms with van der Waals surface area (Å²) < 4.78 is 5.09. The Morgan fingerprint density at radius 1 is 1.11 bits per heavy atom. The normalized spacial score (nSPS) is 15.1. The SMILES string of the molecule is CC(O)C(C)O.CCC(C)c1nccnc1OC. The molecule has 0 radical (unpaired) electrons. The minimum atomic E-state index is -0.593. The average Bonchev–Trinajstić information content (AvgIpc) is 2.38. The molecule has 0 aliphatic rings. The Morgan fingerprint density at radius 2 is 1.61 bits per heavy atom. The Morgan fingerprint density at radius 3 is 2.00 bits per heavy atom. The molecule has 1 heterocycles. The van der Waals surface area contributed by atoms with Gasteiger partial charge in [0, 0.05) is 18.3 Å². The van der Waals surface area contributed by atoms with Crippen LogP contribution in [0.5, 0.6) is 5.88 Å². The van der Waals surface area contributed by atoms with E-state index in [2.05, 4.69) is 23.8 Å². The van der Waals surface area contributed by atoms with Gasteiger partial charge in [0.25, 0.3) is 0 Å². The monoisotopic (exact) mass is 256 g/mol. The maximum atomic E-state index is 8.38. The van der Waals surface area contributed by atoms with Crippen LogP contribution in [0.4, 0.5) is 0 Å². The predicted molar refractivity (Wildman–Crippen MR) is 70.7 cm³/mol. The highest BCUT2D eigenvalue weighted by Gasteiger charge is 2.10. The third-order valence-corrected chi connectivity index (χ3v) is 2.66. The molecule has 0 spiro atoms. The first-order valence-corrected chi connectivity index (χ1v) is 6.15. The number of ether oxygens (including phenoxy) is 1. The van der Waals surface area contributed by atoms with Crippen LogP contribution in [0.15, 0.2) is 12.4 Å². The Kier molecular flexibility index (Phi) is 8.24. The van der Waals surface area contributed by atoms with Gasteiger partial charge < -0.3 is 14.9 Å². The molecule has 0 aliphatic carbocycles. The van der Waals surface area contributed by atoms with Crippen molar-refractivity contribution in [2.75, 3.05) is 7.11 Å². The van der Waals surface area contributed by atoms with E-state index in [0.29, 0.717) is 11.8 Å². The van der Waals surface area contributed by atoms with Gasteiger partial charge in [-0.1, -0.05) is 13.8 Å². The number of nitrogens with zero attached hydrogens (tertiary/aromatic N) is 2. The molecule has 0 aliphatic heterocycles. The quantitative estimate of drug-likeness (QED) is 0.858. The summed E-state index contributed by atoms with van der Waals surface area (Å²) >= 11 is 0. The second-order valence-electron chi connectivity index (χ2n) is 4.24. The topological polar surface area (TPSA) is 75.5 Å².